The minimum absolute atomic E-state index is 0.126. The molecule has 0 radical (unpaired) electrons. The Labute approximate surface area is 114 Å². The highest BCUT2D eigenvalue weighted by Crippen LogP contribution is 2.44. The number of hydrogen-bond donors (Lipinski definition) is 0. The van der Waals surface area contributed by atoms with Crippen molar-refractivity contribution in [2.75, 3.05) is 0 Å². The quantitative estimate of drug-likeness (QED) is 0.478. The molecule has 18 heavy (non-hydrogen) atoms. The molecule has 0 spiro atoms. The summed E-state index contributed by atoms with van der Waals surface area (Å²) in [6.45, 7) is 4.53. The van der Waals surface area contributed by atoms with Gasteiger partial charge in [-0.25, -0.2) is 0 Å². The normalized spacial score (nSPS) is 30.6. The Bertz CT molecular complexity index is 386. The van der Waals surface area contributed by atoms with Gasteiger partial charge < -0.3 is 0 Å². The van der Waals surface area contributed by atoms with Crippen molar-refractivity contribution < 1.29 is 0 Å². The van der Waals surface area contributed by atoms with Crippen molar-refractivity contribution in [2.24, 2.45) is 0 Å². The number of rotatable bonds is 6. The molecule has 2 aliphatic rings. The summed E-state index contributed by atoms with van der Waals surface area (Å²) in [4.78, 5) is 0. The van der Waals surface area contributed by atoms with Gasteiger partial charge in [-0.1, -0.05) is 74.3 Å². The molecular weight excluding hydrogens is 232 g/mol. The van der Waals surface area contributed by atoms with Gasteiger partial charge in [0.1, 0.15) is 0 Å². The fourth-order valence-electron chi connectivity index (χ4n) is 3.20. The fraction of sp³-hybridized carbons (Fsp3) is 0.529. The van der Waals surface area contributed by atoms with Crippen LogP contribution in [0.5, 0.6) is 0 Å². The molecule has 0 aliphatic heterocycles. The van der Waals surface area contributed by atoms with E-state index in [0.29, 0.717) is 5.04 Å². The van der Waals surface area contributed by atoms with E-state index in [-0.39, 0.29) is 9.52 Å². The maximum Gasteiger partial charge on any atom is 0.0447 e. The van der Waals surface area contributed by atoms with Gasteiger partial charge in [0.2, 0.25) is 0 Å². The summed E-state index contributed by atoms with van der Waals surface area (Å²) in [6.07, 6.45) is 23.5. The monoisotopic (exact) mass is 258 g/mol. The van der Waals surface area contributed by atoms with E-state index in [1.165, 1.54) is 37.7 Å². The lowest BCUT2D eigenvalue weighted by molar-refractivity contribution is 0.552. The Hall–Kier alpha value is -0.823. The predicted octanol–water partition coefficient (Wildman–Crippen LogP) is 4.71. The predicted molar refractivity (Wildman–Crippen MR) is 84.9 cm³/mol. The van der Waals surface area contributed by atoms with Gasteiger partial charge >= 0.3 is 0 Å². The molecule has 98 valence electrons. The summed E-state index contributed by atoms with van der Waals surface area (Å²) >= 11 is 0. The minimum Gasteiger partial charge on any atom is -0.0840 e. The maximum absolute atomic E-state index is 2.53. The lowest BCUT2D eigenvalue weighted by Crippen LogP contribution is -2.21. The summed E-state index contributed by atoms with van der Waals surface area (Å²) in [5, 5.41) is 0.556. The van der Waals surface area contributed by atoms with Crippen LogP contribution in [0.25, 0.3) is 0 Å². The molecule has 2 unspecified atom stereocenters. The molecule has 0 saturated carbocycles. The number of unbranched alkanes of at least 4 members (excludes halogenated alkanes) is 2. The second-order valence-electron chi connectivity index (χ2n) is 5.95. The van der Waals surface area contributed by atoms with E-state index < -0.39 is 0 Å². The van der Waals surface area contributed by atoms with Gasteiger partial charge in [-0.3, -0.25) is 0 Å². The molecule has 0 heterocycles. The van der Waals surface area contributed by atoms with Gasteiger partial charge in [0.05, 0.1) is 0 Å². The molecule has 0 aromatic carbocycles. The van der Waals surface area contributed by atoms with Gasteiger partial charge in [0, 0.05) is 9.52 Å². The first-order chi connectivity index (χ1) is 8.74. The molecule has 0 bridgehead atoms. The van der Waals surface area contributed by atoms with E-state index in [9.17, 15) is 0 Å². The maximum atomic E-state index is 2.53. The van der Waals surface area contributed by atoms with Crippen molar-refractivity contribution in [3.05, 3.63) is 48.1 Å². The van der Waals surface area contributed by atoms with Crippen LogP contribution in [0.3, 0.4) is 0 Å². The van der Waals surface area contributed by atoms with Crippen LogP contribution in [-0.2, 0) is 0 Å². The summed E-state index contributed by atoms with van der Waals surface area (Å²) in [5.74, 6) is 0. The van der Waals surface area contributed by atoms with Crippen molar-refractivity contribution in [3.63, 3.8) is 0 Å². The number of allylic oxidation sites excluding steroid dienone is 8. The Morgan fingerprint density at radius 2 is 2.22 bits per heavy atom. The van der Waals surface area contributed by atoms with Crippen LogP contribution in [0.2, 0.25) is 10.6 Å². The Morgan fingerprint density at radius 3 is 2.83 bits per heavy atom. The third kappa shape index (κ3) is 3.58. The van der Waals surface area contributed by atoms with Crippen LogP contribution < -0.4 is 0 Å². The molecule has 1 heteroatoms. The molecule has 0 nitrogen and oxygen atoms in total. The zero-order valence-electron chi connectivity index (χ0n) is 11.9. The summed E-state index contributed by atoms with van der Waals surface area (Å²) < 4.78 is 0. The van der Waals surface area contributed by atoms with Crippen molar-refractivity contribution in [1.29, 1.82) is 0 Å². The highest BCUT2D eigenvalue weighted by Gasteiger charge is 2.29. The molecule has 2 aliphatic carbocycles. The van der Waals surface area contributed by atoms with Gasteiger partial charge in [-0.15, -0.1) is 0 Å². The number of hydrogen-bond acceptors (Lipinski definition) is 0. The fourth-order valence-corrected chi connectivity index (χ4v) is 5.96. The van der Waals surface area contributed by atoms with Crippen molar-refractivity contribution in [1.82, 2.24) is 0 Å². The third-order valence-corrected chi connectivity index (χ3v) is 6.90. The first kappa shape index (κ1) is 13.6. The largest absolute Gasteiger partial charge is 0.0840 e. The van der Waals surface area contributed by atoms with Crippen LogP contribution in [0.4, 0.5) is 0 Å². The van der Waals surface area contributed by atoms with Crippen molar-refractivity contribution in [2.45, 2.75) is 56.5 Å². The Morgan fingerprint density at radius 1 is 1.33 bits per heavy atom. The topological polar surface area (TPSA) is 0 Å². The zero-order chi connectivity index (χ0) is 12.8. The van der Waals surface area contributed by atoms with Crippen LogP contribution >= 0.6 is 0 Å². The first-order valence-electron chi connectivity index (χ1n) is 7.45. The van der Waals surface area contributed by atoms with Crippen LogP contribution in [-0.4, -0.2) is 9.52 Å². The minimum atomic E-state index is -0.126. The van der Waals surface area contributed by atoms with E-state index in [1.54, 1.807) is 0 Å². The summed E-state index contributed by atoms with van der Waals surface area (Å²) in [7, 11) is -0.126. The molecule has 0 aromatic rings. The Balaban J connectivity index is 1.99. The molecule has 0 saturated heterocycles. The smallest absolute Gasteiger partial charge is 0.0447 e. The summed E-state index contributed by atoms with van der Waals surface area (Å²) in [6, 6.07) is 0. The van der Waals surface area contributed by atoms with E-state index in [1.807, 2.05) is 0 Å². The highest BCUT2D eigenvalue weighted by molar-refractivity contribution is 6.44. The van der Waals surface area contributed by atoms with Gasteiger partial charge in [0.15, 0.2) is 0 Å². The molecule has 0 fully saturated rings. The van der Waals surface area contributed by atoms with Gasteiger partial charge in [-0.2, -0.15) is 0 Å². The SMILES string of the molecule is CCCCCC1([SiH2]C2C=CC(C)=C2)C=CC=CC1. The second-order valence-corrected chi connectivity index (χ2v) is 8.71. The van der Waals surface area contributed by atoms with Crippen molar-refractivity contribution >= 4 is 9.52 Å². The molecule has 2 rings (SSSR count). The average molecular weight is 258 g/mol. The van der Waals surface area contributed by atoms with Gasteiger partial charge in [-0.05, 0) is 30.3 Å². The average Bonchev–Trinajstić information content (AvgIpc) is 2.76. The van der Waals surface area contributed by atoms with Crippen LogP contribution in [0.15, 0.2) is 48.1 Å². The summed E-state index contributed by atoms with van der Waals surface area (Å²) in [5.41, 5.74) is 2.26. The van der Waals surface area contributed by atoms with E-state index in [0.717, 1.165) is 5.54 Å². The van der Waals surface area contributed by atoms with Crippen LogP contribution in [0, 0.1) is 0 Å². The van der Waals surface area contributed by atoms with E-state index in [2.05, 4.69) is 56.4 Å². The lowest BCUT2D eigenvalue weighted by Gasteiger charge is -2.33. The molecule has 0 amide bonds. The van der Waals surface area contributed by atoms with Gasteiger partial charge in [0.25, 0.3) is 0 Å². The van der Waals surface area contributed by atoms with E-state index >= 15 is 0 Å². The standard InChI is InChI=1S/C17H26Si/c1-3-4-6-11-17(12-7-5-8-13-17)18-16-10-9-15(2)14-16/h5,7-10,12,14,16H,3-4,6,11,13,18H2,1-2H3. The first-order valence-corrected chi connectivity index (χ1v) is 8.97. The molecule has 0 aromatic heterocycles. The Kier molecular flexibility index (Phi) is 4.82. The molecule has 0 N–H and O–H groups in total. The molecular formula is C17H26Si. The lowest BCUT2D eigenvalue weighted by atomic mass is 9.93. The third-order valence-electron chi connectivity index (χ3n) is 4.23. The van der Waals surface area contributed by atoms with Crippen molar-refractivity contribution in [3.8, 4) is 0 Å². The van der Waals surface area contributed by atoms with E-state index in [4.69, 9.17) is 0 Å². The van der Waals surface area contributed by atoms with Crippen LogP contribution in [0.1, 0.15) is 46.0 Å². The molecule has 2 atom stereocenters. The second kappa shape index (κ2) is 6.37. The highest BCUT2D eigenvalue weighted by atomic mass is 28.2. The zero-order valence-corrected chi connectivity index (χ0v) is 13.3.